The molecule has 1 aliphatic heterocycles. The average molecular weight is 492 g/mol. The Morgan fingerprint density at radius 3 is 2.61 bits per heavy atom. The topological polar surface area (TPSA) is 109 Å². The second kappa shape index (κ2) is 11.0. The van der Waals surface area contributed by atoms with E-state index in [-0.39, 0.29) is 29.4 Å². The van der Waals surface area contributed by atoms with Crippen molar-refractivity contribution in [2.75, 3.05) is 13.2 Å². The molecule has 1 aliphatic rings. The summed E-state index contributed by atoms with van der Waals surface area (Å²) in [4.78, 5) is 27.8. The van der Waals surface area contributed by atoms with Crippen molar-refractivity contribution in [3.8, 4) is 17.2 Å². The summed E-state index contributed by atoms with van der Waals surface area (Å²) in [5, 5.41) is 21.5. The highest BCUT2D eigenvalue weighted by molar-refractivity contribution is 6.46. The van der Waals surface area contributed by atoms with E-state index in [0.29, 0.717) is 35.9 Å². The quantitative estimate of drug-likeness (QED) is 0.174. The summed E-state index contributed by atoms with van der Waals surface area (Å²) in [6, 6.07) is 13.9. The van der Waals surface area contributed by atoms with Crippen molar-refractivity contribution < 1.29 is 33.7 Å². The van der Waals surface area contributed by atoms with Gasteiger partial charge in [0.2, 0.25) is 0 Å². The lowest BCUT2D eigenvalue weighted by molar-refractivity contribution is -0.140. The largest absolute Gasteiger partial charge is 0.507 e. The minimum Gasteiger partial charge on any atom is -0.507 e. The number of phenolic OH excluding ortho intramolecular Hbond substituents is 1. The van der Waals surface area contributed by atoms with Gasteiger partial charge in [0.15, 0.2) is 11.5 Å². The maximum absolute atomic E-state index is 13.3. The monoisotopic (exact) mass is 491 g/mol. The Morgan fingerprint density at radius 2 is 1.89 bits per heavy atom. The molecule has 0 bridgehead atoms. The van der Waals surface area contributed by atoms with E-state index in [9.17, 15) is 19.8 Å². The average Bonchev–Trinajstić information content (AvgIpc) is 3.48. The number of carbonyl (C=O) groups is 2. The van der Waals surface area contributed by atoms with Crippen LogP contribution in [-0.4, -0.2) is 40.0 Å². The molecule has 0 spiro atoms. The fourth-order valence-corrected chi connectivity index (χ4v) is 4.16. The Hall–Kier alpha value is -4.20. The number of unbranched alkanes of at least 4 members (excludes halogenated alkanes) is 1. The van der Waals surface area contributed by atoms with Gasteiger partial charge >= 0.3 is 0 Å². The van der Waals surface area contributed by atoms with E-state index in [1.807, 2.05) is 0 Å². The highest BCUT2D eigenvalue weighted by Crippen LogP contribution is 2.42. The van der Waals surface area contributed by atoms with Gasteiger partial charge in [0.05, 0.1) is 37.6 Å². The van der Waals surface area contributed by atoms with Crippen LogP contribution < -0.4 is 9.47 Å². The summed E-state index contributed by atoms with van der Waals surface area (Å²) >= 11 is 0. The predicted molar refractivity (Wildman–Crippen MR) is 133 cm³/mol. The highest BCUT2D eigenvalue weighted by atomic mass is 16.5. The minimum absolute atomic E-state index is 0.0179. The number of carbonyl (C=O) groups excluding carboxylic acids is 2. The molecule has 1 aromatic heterocycles. The fraction of sp³-hybridized carbons (Fsp3) is 0.286. The number of aliphatic hydroxyl groups excluding tert-OH is 1. The zero-order valence-corrected chi connectivity index (χ0v) is 20.3. The predicted octanol–water partition coefficient (Wildman–Crippen LogP) is 5.18. The third-order valence-corrected chi connectivity index (χ3v) is 5.92. The second-order valence-electron chi connectivity index (χ2n) is 8.40. The summed E-state index contributed by atoms with van der Waals surface area (Å²) in [5.41, 5.74) is 0.790. The Balaban J connectivity index is 1.81. The number of ether oxygens (including phenoxy) is 2. The van der Waals surface area contributed by atoms with Gasteiger partial charge in [-0.15, -0.1) is 0 Å². The van der Waals surface area contributed by atoms with Gasteiger partial charge in [-0.2, -0.15) is 0 Å². The normalized spacial score (nSPS) is 16.9. The van der Waals surface area contributed by atoms with Crippen LogP contribution in [0, 0.1) is 0 Å². The zero-order chi connectivity index (χ0) is 25.7. The van der Waals surface area contributed by atoms with Crippen molar-refractivity contribution in [1.82, 2.24) is 4.90 Å². The van der Waals surface area contributed by atoms with Gasteiger partial charge in [0.1, 0.15) is 17.3 Å². The molecule has 0 aliphatic carbocycles. The molecule has 1 unspecified atom stereocenters. The van der Waals surface area contributed by atoms with Crippen molar-refractivity contribution in [3.05, 3.63) is 83.3 Å². The Kier molecular flexibility index (Phi) is 7.63. The first kappa shape index (κ1) is 24.9. The first-order chi connectivity index (χ1) is 17.4. The number of furan rings is 1. The fourth-order valence-electron chi connectivity index (χ4n) is 4.16. The number of phenols is 1. The molecule has 1 amide bonds. The molecule has 1 atom stereocenters. The SMILES string of the molecule is CCCCOc1cccc(C(O)=C2C(=O)C(=O)N(Cc3ccco3)C2c2ccc(O)c(OCC)c2)c1. The van der Waals surface area contributed by atoms with Crippen LogP contribution in [-0.2, 0) is 16.1 Å². The Morgan fingerprint density at radius 1 is 1.06 bits per heavy atom. The Labute approximate surface area is 209 Å². The van der Waals surface area contributed by atoms with Gasteiger partial charge in [-0.25, -0.2) is 0 Å². The van der Waals surface area contributed by atoms with Gasteiger partial charge in [-0.05, 0) is 55.3 Å². The maximum atomic E-state index is 13.3. The molecular weight excluding hydrogens is 462 g/mol. The van der Waals surface area contributed by atoms with Crippen molar-refractivity contribution in [2.45, 2.75) is 39.3 Å². The van der Waals surface area contributed by atoms with E-state index in [2.05, 4.69) is 6.92 Å². The standard InChI is InChI=1S/C28H29NO7/c1-3-5-13-35-20-9-6-8-19(15-20)26(31)24-25(18-11-12-22(30)23(16-18)34-4-2)29(28(33)27(24)32)17-21-10-7-14-36-21/h6-12,14-16,25,30-31H,3-5,13,17H2,1-2H3. The lowest BCUT2D eigenvalue weighted by Crippen LogP contribution is -2.29. The number of aliphatic hydroxyl groups is 1. The van der Waals surface area contributed by atoms with Crippen molar-refractivity contribution in [2.24, 2.45) is 0 Å². The zero-order valence-electron chi connectivity index (χ0n) is 20.3. The molecule has 4 rings (SSSR count). The maximum Gasteiger partial charge on any atom is 0.296 e. The first-order valence-corrected chi connectivity index (χ1v) is 11.9. The van der Waals surface area contributed by atoms with Crippen LogP contribution in [0.15, 0.2) is 70.9 Å². The lowest BCUT2D eigenvalue weighted by Gasteiger charge is -2.25. The molecule has 188 valence electrons. The number of hydrogen-bond donors (Lipinski definition) is 2. The third-order valence-electron chi connectivity index (χ3n) is 5.92. The third kappa shape index (κ3) is 5.07. The number of Topliss-reactive ketones (excluding diaryl/α,β-unsaturated/α-hetero) is 1. The van der Waals surface area contributed by atoms with E-state index < -0.39 is 17.7 Å². The number of benzene rings is 2. The van der Waals surface area contributed by atoms with Crippen LogP contribution in [0.2, 0.25) is 0 Å². The van der Waals surface area contributed by atoms with E-state index >= 15 is 0 Å². The van der Waals surface area contributed by atoms with Gasteiger partial charge in [-0.3, -0.25) is 9.59 Å². The minimum atomic E-state index is -0.931. The number of rotatable bonds is 10. The van der Waals surface area contributed by atoms with Crippen LogP contribution in [0.5, 0.6) is 17.2 Å². The number of nitrogens with zero attached hydrogens (tertiary/aromatic N) is 1. The van der Waals surface area contributed by atoms with Crippen LogP contribution in [0.3, 0.4) is 0 Å². The van der Waals surface area contributed by atoms with E-state index in [0.717, 1.165) is 12.8 Å². The number of aromatic hydroxyl groups is 1. The number of hydrogen-bond acceptors (Lipinski definition) is 7. The smallest absolute Gasteiger partial charge is 0.296 e. The van der Waals surface area contributed by atoms with Crippen molar-refractivity contribution >= 4 is 17.4 Å². The van der Waals surface area contributed by atoms with Crippen LogP contribution >= 0.6 is 0 Å². The lowest BCUT2D eigenvalue weighted by atomic mass is 9.95. The second-order valence-corrected chi connectivity index (χ2v) is 8.40. The van der Waals surface area contributed by atoms with Gasteiger partial charge in [0.25, 0.3) is 11.7 Å². The van der Waals surface area contributed by atoms with Crippen molar-refractivity contribution in [3.63, 3.8) is 0 Å². The molecular formula is C28H29NO7. The number of likely N-dealkylation sites (tertiary alicyclic amines) is 1. The molecule has 2 heterocycles. The van der Waals surface area contributed by atoms with E-state index in [4.69, 9.17) is 13.9 Å². The Bertz CT molecular complexity index is 1260. The van der Waals surface area contributed by atoms with E-state index in [1.54, 1.807) is 55.5 Å². The van der Waals surface area contributed by atoms with Crippen LogP contribution in [0.25, 0.3) is 5.76 Å². The van der Waals surface area contributed by atoms with E-state index in [1.165, 1.54) is 17.2 Å². The summed E-state index contributed by atoms with van der Waals surface area (Å²) in [7, 11) is 0. The van der Waals surface area contributed by atoms with Crippen LogP contribution in [0.1, 0.15) is 49.6 Å². The number of ketones is 1. The summed E-state index contributed by atoms with van der Waals surface area (Å²) < 4.78 is 16.7. The van der Waals surface area contributed by atoms with Gasteiger partial charge in [0, 0.05) is 5.56 Å². The molecule has 3 aromatic rings. The van der Waals surface area contributed by atoms with Gasteiger partial charge in [-0.1, -0.05) is 31.5 Å². The first-order valence-electron chi connectivity index (χ1n) is 11.9. The van der Waals surface area contributed by atoms with Crippen LogP contribution in [0.4, 0.5) is 0 Å². The molecule has 0 saturated carbocycles. The summed E-state index contributed by atoms with van der Waals surface area (Å²) in [5.74, 6) is -0.710. The number of amides is 1. The highest BCUT2D eigenvalue weighted by Gasteiger charge is 2.46. The molecule has 1 fully saturated rings. The molecule has 8 heteroatoms. The summed E-state index contributed by atoms with van der Waals surface area (Å²) in [6.45, 7) is 4.71. The molecule has 0 radical (unpaired) electrons. The molecule has 8 nitrogen and oxygen atoms in total. The van der Waals surface area contributed by atoms with Gasteiger partial charge < -0.3 is 29.0 Å². The van der Waals surface area contributed by atoms with Crippen molar-refractivity contribution in [1.29, 1.82) is 0 Å². The molecule has 1 saturated heterocycles. The molecule has 36 heavy (non-hydrogen) atoms. The molecule has 2 aromatic carbocycles. The summed E-state index contributed by atoms with van der Waals surface area (Å²) in [6.07, 6.45) is 3.35. The molecule has 2 N–H and O–H groups in total.